The second-order valence-corrected chi connectivity index (χ2v) is 8.37. The molecule has 3 rings (SSSR count). The van der Waals surface area contributed by atoms with Crippen LogP contribution in [0.2, 0.25) is 10.0 Å². The van der Waals surface area contributed by atoms with E-state index in [9.17, 15) is 18.0 Å². The first-order valence-electron chi connectivity index (χ1n) is 9.27. The molecule has 33 heavy (non-hydrogen) atoms. The average molecular weight is 521 g/mol. The number of aliphatic imine (C=N–C) groups is 1. The van der Waals surface area contributed by atoms with Crippen molar-refractivity contribution < 1.29 is 23.0 Å². The fourth-order valence-electron chi connectivity index (χ4n) is 2.69. The lowest BCUT2D eigenvalue weighted by Gasteiger charge is -2.14. The Morgan fingerprint density at radius 3 is 2.67 bits per heavy atom. The SMILES string of the molecule is CC(CO)N=C(N)c1c(Nc2ccc(Oc3cccc(C(F)(F)F)c3Cl)c(Cl)c2)s[nH]c1=O. The highest BCUT2D eigenvalue weighted by Crippen LogP contribution is 2.42. The summed E-state index contributed by atoms with van der Waals surface area (Å²) in [5.74, 6) is -0.183. The highest BCUT2D eigenvalue weighted by Gasteiger charge is 2.34. The summed E-state index contributed by atoms with van der Waals surface area (Å²) in [5, 5.41) is 12.0. The molecule has 1 heterocycles. The number of amidine groups is 1. The van der Waals surface area contributed by atoms with Crippen molar-refractivity contribution in [1.82, 2.24) is 4.37 Å². The van der Waals surface area contributed by atoms with E-state index in [1.54, 1.807) is 13.0 Å². The zero-order valence-electron chi connectivity index (χ0n) is 16.8. The van der Waals surface area contributed by atoms with Crippen molar-refractivity contribution in [1.29, 1.82) is 0 Å². The second-order valence-electron chi connectivity index (χ2n) is 6.77. The third-order valence-corrected chi connectivity index (χ3v) is 5.74. The summed E-state index contributed by atoms with van der Waals surface area (Å²) < 4.78 is 47.2. The van der Waals surface area contributed by atoms with Crippen LogP contribution < -0.4 is 21.3 Å². The molecular formula is C20H17Cl2F3N4O3S. The Morgan fingerprint density at radius 1 is 1.30 bits per heavy atom. The molecule has 3 aromatic rings. The van der Waals surface area contributed by atoms with Gasteiger partial charge in [0.25, 0.3) is 5.56 Å². The topological polar surface area (TPSA) is 113 Å². The number of aliphatic hydroxyl groups is 1. The molecule has 1 aromatic heterocycles. The van der Waals surface area contributed by atoms with Crippen LogP contribution in [0.15, 0.2) is 46.2 Å². The molecule has 1 atom stereocenters. The van der Waals surface area contributed by atoms with Crippen LogP contribution in [0.4, 0.5) is 23.9 Å². The number of nitrogens with one attached hydrogen (secondary N) is 2. The maximum atomic E-state index is 13.1. The zero-order valence-corrected chi connectivity index (χ0v) is 19.2. The van der Waals surface area contributed by atoms with E-state index in [2.05, 4.69) is 14.7 Å². The standard InChI is InChI=1S/C20H17Cl2F3N4O3S/c1-9(8-30)27-17(26)15-18(31)29-33-19(15)28-10-5-6-13(12(21)7-10)32-14-4-2-3-11(16(14)22)20(23,24)25/h2-7,9,28,30H,8H2,1H3,(H2,26,27)(H,29,31). The predicted molar refractivity (Wildman–Crippen MR) is 123 cm³/mol. The quantitative estimate of drug-likeness (QED) is 0.246. The molecule has 2 aromatic carbocycles. The van der Waals surface area contributed by atoms with Gasteiger partial charge in [0.2, 0.25) is 0 Å². The fraction of sp³-hybridized carbons (Fsp3) is 0.200. The van der Waals surface area contributed by atoms with Crippen molar-refractivity contribution in [2.24, 2.45) is 10.7 Å². The minimum atomic E-state index is -4.63. The number of nitrogens with two attached hydrogens (primary N) is 1. The summed E-state index contributed by atoms with van der Waals surface area (Å²) in [6, 6.07) is 7.25. The predicted octanol–water partition coefficient (Wildman–Crippen LogP) is 5.38. The molecule has 0 aliphatic heterocycles. The monoisotopic (exact) mass is 520 g/mol. The summed E-state index contributed by atoms with van der Waals surface area (Å²) in [4.78, 5) is 16.2. The highest BCUT2D eigenvalue weighted by atomic mass is 35.5. The number of aromatic nitrogens is 1. The van der Waals surface area contributed by atoms with Crippen LogP contribution in [0.5, 0.6) is 11.5 Å². The van der Waals surface area contributed by atoms with E-state index in [1.165, 1.54) is 24.3 Å². The van der Waals surface area contributed by atoms with E-state index in [0.717, 1.165) is 17.6 Å². The van der Waals surface area contributed by atoms with Crippen molar-refractivity contribution >= 4 is 51.3 Å². The number of rotatable bonds is 7. The lowest BCUT2D eigenvalue weighted by atomic mass is 10.2. The second kappa shape index (κ2) is 10.0. The molecule has 0 bridgehead atoms. The maximum Gasteiger partial charge on any atom is 0.417 e. The number of hydrogen-bond acceptors (Lipinski definition) is 6. The molecule has 0 saturated carbocycles. The molecule has 0 amide bonds. The van der Waals surface area contributed by atoms with Crippen LogP contribution in [0.3, 0.4) is 0 Å². The normalized spacial score (nSPS) is 13.1. The van der Waals surface area contributed by atoms with Crippen molar-refractivity contribution in [3.63, 3.8) is 0 Å². The first-order chi connectivity index (χ1) is 15.5. The van der Waals surface area contributed by atoms with E-state index in [0.29, 0.717) is 10.7 Å². The van der Waals surface area contributed by atoms with Crippen molar-refractivity contribution in [3.05, 3.63) is 67.9 Å². The largest absolute Gasteiger partial charge is 0.454 e. The molecule has 0 aliphatic rings. The van der Waals surface area contributed by atoms with Gasteiger partial charge in [-0.2, -0.15) is 13.2 Å². The molecule has 1 unspecified atom stereocenters. The number of benzene rings is 2. The zero-order chi connectivity index (χ0) is 24.3. The third kappa shape index (κ3) is 5.80. The number of anilines is 2. The van der Waals surface area contributed by atoms with Crippen LogP contribution in [0, 0.1) is 0 Å². The van der Waals surface area contributed by atoms with E-state index >= 15 is 0 Å². The number of hydrogen-bond donors (Lipinski definition) is 4. The molecule has 0 radical (unpaired) electrons. The van der Waals surface area contributed by atoms with Gasteiger partial charge in [-0.15, -0.1) is 0 Å². The van der Waals surface area contributed by atoms with Gasteiger partial charge in [-0.3, -0.25) is 14.2 Å². The van der Waals surface area contributed by atoms with Gasteiger partial charge in [-0.25, -0.2) is 0 Å². The Hall–Kier alpha value is -2.73. The smallest absolute Gasteiger partial charge is 0.417 e. The first-order valence-corrected chi connectivity index (χ1v) is 10.8. The van der Waals surface area contributed by atoms with E-state index in [1.807, 2.05) is 0 Å². The lowest BCUT2D eigenvalue weighted by molar-refractivity contribution is -0.137. The van der Waals surface area contributed by atoms with Crippen LogP contribution >= 0.6 is 34.7 Å². The molecule has 0 saturated heterocycles. The van der Waals surface area contributed by atoms with Gasteiger partial charge in [0.15, 0.2) is 0 Å². The Bertz CT molecular complexity index is 1240. The molecule has 176 valence electrons. The van der Waals surface area contributed by atoms with Crippen LogP contribution in [-0.2, 0) is 6.18 Å². The number of aromatic amines is 1. The lowest BCUT2D eigenvalue weighted by Crippen LogP contribution is -2.24. The van der Waals surface area contributed by atoms with Crippen molar-refractivity contribution in [2.45, 2.75) is 19.1 Å². The number of aliphatic hydroxyl groups excluding tert-OH is 1. The molecule has 0 spiro atoms. The number of alkyl halides is 3. The van der Waals surface area contributed by atoms with Crippen molar-refractivity contribution in [3.8, 4) is 11.5 Å². The number of nitrogens with zero attached hydrogens (tertiary/aromatic N) is 1. The summed E-state index contributed by atoms with van der Waals surface area (Å²) in [7, 11) is 0. The third-order valence-electron chi connectivity index (χ3n) is 4.26. The average Bonchev–Trinajstić information content (AvgIpc) is 3.10. The Labute approximate surface area is 199 Å². The van der Waals surface area contributed by atoms with Crippen molar-refractivity contribution in [2.75, 3.05) is 11.9 Å². The van der Waals surface area contributed by atoms with Crippen LogP contribution in [-0.4, -0.2) is 28.0 Å². The molecule has 0 fully saturated rings. The minimum absolute atomic E-state index is 0.0493. The number of ether oxygens (including phenoxy) is 1. The minimum Gasteiger partial charge on any atom is -0.454 e. The van der Waals surface area contributed by atoms with Crippen LogP contribution in [0.1, 0.15) is 18.1 Å². The highest BCUT2D eigenvalue weighted by molar-refractivity contribution is 7.10. The number of H-pyrrole nitrogens is 1. The van der Waals surface area contributed by atoms with E-state index in [-0.39, 0.29) is 34.5 Å². The summed E-state index contributed by atoms with van der Waals surface area (Å²) in [6.07, 6.45) is -4.63. The summed E-state index contributed by atoms with van der Waals surface area (Å²) >= 11 is 13.1. The maximum absolute atomic E-state index is 13.1. The van der Waals surface area contributed by atoms with Gasteiger partial charge in [-0.1, -0.05) is 29.3 Å². The Morgan fingerprint density at radius 2 is 2.03 bits per heavy atom. The van der Waals surface area contributed by atoms with Gasteiger partial charge < -0.3 is 20.9 Å². The molecule has 5 N–H and O–H groups in total. The molecule has 7 nitrogen and oxygen atoms in total. The molecular weight excluding hydrogens is 504 g/mol. The van der Waals surface area contributed by atoms with Gasteiger partial charge in [0, 0.05) is 5.69 Å². The van der Waals surface area contributed by atoms with Crippen LogP contribution in [0.25, 0.3) is 0 Å². The number of halogens is 5. The van der Waals surface area contributed by atoms with E-state index < -0.39 is 28.4 Å². The Balaban J connectivity index is 1.85. The molecule has 13 heteroatoms. The van der Waals surface area contributed by atoms with Gasteiger partial charge in [-0.05, 0) is 48.8 Å². The summed E-state index contributed by atoms with van der Waals surface area (Å²) in [6.45, 7) is 1.40. The Kier molecular flexibility index (Phi) is 7.58. The van der Waals surface area contributed by atoms with Gasteiger partial charge in [0.1, 0.15) is 27.9 Å². The van der Waals surface area contributed by atoms with Gasteiger partial charge >= 0.3 is 6.18 Å². The van der Waals surface area contributed by atoms with E-state index in [4.69, 9.17) is 38.8 Å². The molecule has 0 aliphatic carbocycles. The summed E-state index contributed by atoms with van der Waals surface area (Å²) in [5.41, 5.74) is 4.98. The first kappa shape index (κ1) is 24.9. The fourth-order valence-corrected chi connectivity index (χ4v) is 3.94. The van der Waals surface area contributed by atoms with Gasteiger partial charge in [0.05, 0.1) is 28.3 Å².